The molecule has 0 bridgehead atoms. The molecule has 28 heavy (non-hydrogen) atoms. The minimum absolute atomic E-state index is 0.0700. The monoisotopic (exact) mass is 408 g/mol. The number of carbonyl (C=O) groups excluding carboxylic acids is 1. The van der Waals surface area contributed by atoms with E-state index in [9.17, 15) is 9.18 Å². The van der Waals surface area contributed by atoms with Crippen LogP contribution in [0.1, 0.15) is 26.3 Å². The number of amides is 1. The molecule has 0 aliphatic carbocycles. The van der Waals surface area contributed by atoms with Gasteiger partial charge in [-0.2, -0.15) is 0 Å². The normalized spacial score (nSPS) is 11.2. The van der Waals surface area contributed by atoms with Gasteiger partial charge in [-0.25, -0.2) is 9.18 Å². The van der Waals surface area contributed by atoms with Crippen molar-refractivity contribution in [3.8, 4) is 16.9 Å². The SMILES string of the molecule is CNCc1cc(OCCNC(=O)OC(C)(C)C)cc(-c2ccc(F)c(Cl)c2)c1. The van der Waals surface area contributed by atoms with Crippen molar-refractivity contribution in [2.45, 2.75) is 32.9 Å². The molecule has 0 aromatic heterocycles. The van der Waals surface area contributed by atoms with Crippen LogP contribution < -0.4 is 15.4 Å². The van der Waals surface area contributed by atoms with Crippen LogP contribution in [0.2, 0.25) is 5.02 Å². The van der Waals surface area contributed by atoms with Crippen molar-refractivity contribution >= 4 is 17.7 Å². The van der Waals surface area contributed by atoms with Crippen LogP contribution in [0.15, 0.2) is 36.4 Å². The molecule has 0 atom stereocenters. The molecule has 0 fully saturated rings. The zero-order valence-corrected chi connectivity index (χ0v) is 17.3. The molecule has 2 rings (SSSR count). The molecule has 0 saturated heterocycles. The molecule has 2 aromatic rings. The number of ether oxygens (including phenoxy) is 2. The quantitative estimate of drug-likeness (QED) is 0.648. The third-order valence-electron chi connectivity index (χ3n) is 3.64. The maximum atomic E-state index is 13.5. The average Bonchev–Trinajstić information content (AvgIpc) is 2.60. The molecule has 0 aliphatic rings. The molecule has 2 N–H and O–H groups in total. The van der Waals surface area contributed by atoms with E-state index in [1.54, 1.807) is 32.9 Å². The fraction of sp³-hybridized carbons (Fsp3) is 0.381. The minimum Gasteiger partial charge on any atom is -0.492 e. The van der Waals surface area contributed by atoms with E-state index >= 15 is 0 Å². The number of benzene rings is 2. The number of hydrogen-bond acceptors (Lipinski definition) is 4. The summed E-state index contributed by atoms with van der Waals surface area (Å²) in [6.07, 6.45) is -0.485. The molecular weight excluding hydrogens is 383 g/mol. The van der Waals surface area contributed by atoms with Crippen molar-refractivity contribution in [3.05, 3.63) is 52.8 Å². The molecule has 0 radical (unpaired) electrons. The Morgan fingerprint density at radius 3 is 2.54 bits per heavy atom. The molecule has 0 unspecified atom stereocenters. The Hall–Kier alpha value is -2.31. The smallest absolute Gasteiger partial charge is 0.407 e. The standard InChI is InChI=1S/C21H26ClFN2O3/c1-21(2,3)28-20(26)25-7-8-27-17-10-14(13-24-4)9-16(11-17)15-5-6-19(23)18(22)12-15/h5-6,9-12,24H,7-8,13H2,1-4H3,(H,25,26). The van der Waals surface area contributed by atoms with Gasteiger partial charge in [0.05, 0.1) is 11.6 Å². The van der Waals surface area contributed by atoms with Crippen LogP contribution in [0.5, 0.6) is 5.75 Å². The van der Waals surface area contributed by atoms with Gasteiger partial charge < -0.3 is 20.1 Å². The highest BCUT2D eigenvalue weighted by Gasteiger charge is 2.15. The minimum atomic E-state index is -0.544. The maximum absolute atomic E-state index is 13.5. The highest BCUT2D eigenvalue weighted by Crippen LogP contribution is 2.29. The third kappa shape index (κ3) is 7.02. The third-order valence-corrected chi connectivity index (χ3v) is 3.93. The Kier molecular flexibility index (Phi) is 7.66. The summed E-state index contributed by atoms with van der Waals surface area (Å²) in [5.74, 6) is 0.190. The van der Waals surface area contributed by atoms with E-state index in [2.05, 4.69) is 10.6 Å². The maximum Gasteiger partial charge on any atom is 0.407 e. The van der Waals surface area contributed by atoms with Gasteiger partial charge in [0, 0.05) is 6.54 Å². The van der Waals surface area contributed by atoms with Crippen LogP contribution in [-0.4, -0.2) is 31.9 Å². The Balaban J connectivity index is 2.06. The predicted octanol–water partition coefficient (Wildman–Crippen LogP) is 4.77. The fourth-order valence-electron chi connectivity index (χ4n) is 2.53. The molecule has 0 aliphatic heterocycles. The number of nitrogens with one attached hydrogen (secondary N) is 2. The predicted molar refractivity (Wildman–Crippen MR) is 109 cm³/mol. The van der Waals surface area contributed by atoms with Crippen LogP contribution in [0.3, 0.4) is 0 Å². The van der Waals surface area contributed by atoms with E-state index in [0.29, 0.717) is 18.8 Å². The summed E-state index contributed by atoms with van der Waals surface area (Å²) in [5.41, 5.74) is 2.12. The van der Waals surface area contributed by atoms with Crippen molar-refractivity contribution in [2.75, 3.05) is 20.2 Å². The second-order valence-electron chi connectivity index (χ2n) is 7.30. The molecule has 7 heteroatoms. The lowest BCUT2D eigenvalue weighted by molar-refractivity contribution is 0.0520. The highest BCUT2D eigenvalue weighted by atomic mass is 35.5. The van der Waals surface area contributed by atoms with Gasteiger partial charge >= 0.3 is 6.09 Å². The number of rotatable bonds is 7. The molecule has 0 spiro atoms. The van der Waals surface area contributed by atoms with Crippen LogP contribution in [0.4, 0.5) is 9.18 Å². The first-order valence-electron chi connectivity index (χ1n) is 9.01. The van der Waals surface area contributed by atoms with Gasteiger partial charge in [-0.1, -0.05) is 17.7 Å². The van der Waals surface area contributed by atoms with E-state index < -0.39 is 17.5 Å². The Morgan fingerprint density at radius 1 is 1.14 bits per heavy atom. The first-order valence-corrected chi connectivity index (χ1v) is 9.39. The summed E-state index contributed by atoms with van der Waals surface area (Å²) in [6.45, 7) is 6.66. The summed E-state index contributed by atoms with van der Waals surface area (Å²) >= 11 is 5.91. The van der Waals surface area contributed by atoms with Gasteiger partial charge in [-0.15, -0.1) is 0 Å². The average molecular weight is 409 g/mol. The number of carbonyl (C=O) groups is 1. The summed E-state index contributed by atoms with van der Waals surface area (Å²) in [6, 6.07) is 10.4. The van der Waals surface area contributed by atoms with Gasteiger partial charge in [0.2, 0.25) is 0 Å². The molecule has 1 amide bonds. The van der Waals surface area contributed by atoms with Crippen molar-refractivity contribution in [2.24, 2.45) is 0 Å². The largest absolute Gasteiger partial charge is 0.492 e. The van der Waals surface area contributed by atoms with Gasteiger partial charge in [0.15, 0.2) is 0 Å². The van der Waals surface area contributed by atoms with Crippen molar-refractivity contribution < 1.29 is 18.7 Å². The molecule has 5 nitrogen and oxygen atoms in total. The molecule has 0 saturated carbocycles. The molecule has 0 heterocycles. The van der Waals surface area contributed by atoms with E-state index in [1.165, 1.54) is 6.07 Å². The Bertz CT molecular complexity index is 822. The second-order valence-corrected chi connectivity index (χ2v) is 7.71. The highest BCUT2D eigenvalue weighted by molar-refractivity contribution is 6.31. The lowest BCUT2D eigenvalue weighted by atomic mass is 10.0. The fourth-order valence-corrected chi connectivity index (χ4v) is 2.71. The number of halogens is 2. The number of hydrogen-bond donors (Lipinski definition) is 2. The van der Waals surface area contributed by atoms with Gasteiger partial charge in [0.1, 0.15) is 23.8 Å². The summed E-state index contributed by atoms with van der Waals surface area (Å²) in [7, 11) is 1.85. The summed E-state index contributed by atoms with van der Waals surface area (Å²) < 4.78 is 24.4. The zero-order valence-electron chi connectivity index (χ0n) is 16.6. The first-order chi connectivity index (χ1) is 13.2. The molecular formula is C21H26ClFN2O3. The topological polar surface area (TPSA) is 59.6 Å². The first kappa shape index (κ1) is 22.0. The summed E-state index contributed by atoms with van der Waals surface area (Å²) in [5, 5.41) is 5.82. The van der Waals surface area contributed by atoms with Gasteiger partial charge in [-0.05, 0) is 74.8 Å². The van der Waals surface area contributed by atoms with E-state index in [4.69, 9.17) is 21.1 Å². The van der Waals surface area contributed by atoms with Crippen LogP contribution in [0.25, 0.3) is 11.1 Å². The van der Waals surface area contributed by atoms with Gasteiger partial charge in [0.25, 0.3) is 0 Å². The summed E-state index contributed by atoms with van der Waals surface area (Å²) in [4.78, 5) is 11.7. The van der Waals surface area contributed by atoms with Crippen LogP contribution in [0, 0.1) is 5.82 Å². The van der Waals surface area contributed by atoms with Crippen LogP contribution >= 0.6 is 11.6 Å². The lowest BCUT2D eigenvalue weighted by Gasteiger charge is -2.19. The zero-order chi connectivity index (χ0) is 20.7. The second kappa shape index (κ2) is 9.75. The van der Waals surface area contributed by atoms with E-state index in [-0.39, 0.29) is 11.6 Å². The van der Waals surface area contributed by atoms with Crippen molar-refractivity contribution in [1.82, 2.24) is 10.6 Å². The van der Waals surface area contributed by atoms with E-state index in [0.717, 1.165) is 16.7 Å². The van der Waals surface area contributed by atoms with Crippen molar-refractivity contribution in [3.63, 3.8) is 0 Å². The Morgan fingerprint density at radius 2 is 1.89 bits per heavy atom. The van der Waals surface area contributed by atoms with E-state index in [1.807, 2.05) is 25.2 Å². The van der Waals surface area contributed by atoms with Crippen molar-refractivity contribution in [1.29, 1.82) is 0 Å². The van der Waals surface area contributed by atoms with Gasteiger partial charge in [-0.3, -0.25) is 0 Å². The lowest BCUT2D eigenvalue weighted by Crippen LogP contribution is -2.34. The Labute approximate surface area is 170 Å². The number of alkyl carbamates (subject to hydrolysis) is 1. The molecule has 152 valence electrons. The molecule has 2 aromatic carbocycles. The van der Waals surface area contributed by atoms with Crippen LogP contribution in [-0.2, 0) is 11.3 Å².